The van der Waals surface area contributed by atoms with Crippen molar-refractivity contribution >= 4 is 27.7 Å². The van der Waals surface area contributed by atoms with E-state index in [-0.39, 0.29) is 11.9 Å². The number of hydrogen-bond acceptors (Lipinski definition) is 3. The molecule has 112 valence electrons. The molecule has 0 aliphatic rings. The lowest BCUT2D eigenvalue weighted by atomic mass is 10.1. The third-order valence-electron chi connectivity index (χ3n) is 3.09. The van der Waals surface area contributed by atoms with Gasteiger partial charge in [-0.2, -0.15) is 0 Å². The molecule has 2 nitrogen and oxygen atoms in total. The number of benzene rings is 1. The predicted molar refractivity (Wildman–Crippen MR) is 89.2 cm³/mol. The first-order valence-corrected chi connectivity index (χ1v) is 8.54. The van der Waals surface area contributed by atoms with Gasteiger partial charge in [0.2, 0.25) is 0 Å². The van der Waals surface area contributed by atoms with E-state index in [0.717, 1.165) is 28.0 Å². The molecule has 0 saturated heterocycles. The van der Waals surface area contributed by atoms with Gasteiger partial charge in [-0.15, -0.1) is 0 Å². The molecular formula is C16H18BrFN2S. The normalized spacial score (nSPS) is 12.4. The molecule has 0 amide bonds. The number of aromatic nitrogens is 1. The quantitative estimate of drug-likeness (QED) is 0.758. The van der Waals surface area contributed by atoms with E-state index >= 15 is 0 Å². The number of hydrogen-bond donors (Lipinski definition) is 1. The van der Waals surface area contributed by atoms with Crippen molar-refractivity contribution in [2.45, 2.75) is 36.2 Å². The highest BCUT2D eigenvalue weighted by Gasteiger charge is 2.16. The van der Waals surface area contributed by atoms with Gasteiger partial charge in [-0.3, -0.25) is 0 Å². The highest BCUT2D eigenvalue weighted by molar-refractivity contribution is 9.10. The molecule has 0 aliphatic heterocycles. The first-order valence-electron chi connectivity index (χ1n) is 6.93. The van der Waals surface area contributed by atoms with E-state index in [1.165, 1.54) is 17.8 Å². The molecule has 1 aromatic carbocycles. The Morgan fingerprint density at radius 1 is 1.33 bits per heavy atom. The molecule has 1 aromatic heterocycles. The Balaban J connectivity index is 2.32. The highest BCUT2D eigenvalue weighted by Crippen LogP contribution is 2.37. The van der Waals surface area contributed by atoms with E-state index < -0.39 is 0 Å². The van der Waals surface area contributed by atoms with Crippen LogP contribution in [0.5, 0.6) is 0 Å². The topological polar surface area (TPSA) is 24.9 Å². The Kier molecular flexibility index (Phi) is 6.21. The third kappa shape index (κ3) is 4.28. The number of nitrogens with one attached hydrogen (secondary N) is 1. The zero-order valence-corrected chi connectivity index (χ0v) is 14.5. The zero-order chi connectivity index (χ0) is 15.2. The molecular weight excluding hydrogens is 351 g/mol. The summed E-state index contributed by atoms with van der Waals surface area (Å²) in [5.41, 5.74) is 0.964. The molecule has 0 radical (unpaired) electrons. The van der Waals surface area contributed by atoms with Crippen molar-refractivity contribution < 1.29 is 4.39 Å². The number of pyridine rings is 1. The second-order valence-corrected chi connectivity index (χ2v) is 6.58. The van der Waals surface area contributed by atoms with Gasteiger partial charge < -0.3 is 5.32 Å². The number of nitrogens with zero attached hydrogens (tertiary/aromatic N) is 1. The summed E-state index contributed by atoms with van der Waals surface area (Å²) < 4.78 is 15.1. The molecule has 5 heteroatoms. The van der Waals surface area contributed by atoms with Crippen LogP contribution in [0.1, 0.15) is 31.9 Å². The molecule has 2 rings (SSSR count). The Labute approximate surface area is 137 Å². The lowest BCUT2D eigenvalue weighted by Gasteiger charge is -2.18. The number of halogens is 2. The monoisotopic (exact) mass is 368 g/mol. The Hall–Kier alpha value is -0.910. The van der Waals surface area contributed by atoms with Crippen molar-refractivity contribution in [1.29, 1.82) is 0 Å². The Morgan fingerprint density at radius 2 is 2.14 bits per heavy atom. The van der Waals surface area contributed by atoms with E-state index in [0.29, 0.717) is 4.90 Å². The van der Waals surface area contributed by atoms with Crippen molar-refractivity contribution in [3.63, 3.8) is 0 Å². The van der Waals surface area contributed by atoms with Crippen LogP contribution in [-0.2, 0) is 0 Å². The van der Waals surface area contributed by atoms with Crippen LogP contribution in [0.15, 0.2) is 50.9 Å². The van der Waals surface area contributed by atoms with Gasteiger partial charge in [0.15, 0.2) is 0 Å². The van der Waals surface area contributed by atoms with Crippen LogP contribution in [0, 0.1) is 5.82 Å². The molecule has 0 aliphatic carbocycles. The maximum Gasteiger partial charge on any atom is 0.137 e. The van der Waals surface area contributed by atoms with E-state index in [1.54, 1.807) is 12.3 Å². The maximum absolute atomic E-state index is 14.3. The number of rotatable bonds is 6. The minimum atomic E-state index is -0.208. The summed E-state index contributed by atoms with van der Waals surface area (Å²) in [6.07, 6.45) is 2.76. The van der Waals surface area contributed by atoms with E-state index in [4.69, 9.17) is 0 Å². The first-order chi connectivity index (χ1) is 10.1. The Bertz CT molecular complexity index is 607. The van der Waals surface area contributed by atoms with Gasteiger partial charge in [0.05, 0.1) is 9.37 Å². The fourth-order valence-corrected chi connectivity index (χ4v) is 3.49. The standard InChI is InChI=1S/C16H18BrFN2S/c1-3-9-19-11(2)12-6-4-8-14(18)15(12)21-16-13(17)7-5-10-20-16/h4-8,10-11,19H,3,9H2,1-2H3. The third-order valence-corrected chi connectivity index (χ3v) is 5.14. The minimum Gasteiger partial charge on any atom is -0.310 e. The Morgan fingerprint density at radius 3 is 2.86 bits per heavy atom. The molecule has 0 fully saturated rings. The largest absolute Gasteiger partial charge is 0.310 e. The van der Waals surface area contributed by atoms with Crippen molar-refractivity contribution in [3.05, 3.63) is 52.4 Å². The molecule has 2 aromatic rings. The summed E-state index contributed by atoms with van der Waals surface area (Å²) in [6, 6.07) is 9.08. The van der Waals surface area contributed by atoms with Crippen LogP contribution >= 0.6 is 27.7 Å². The fraction of sp³-hybridized carbons (Fsp3) is 0.312. The van der Waals surface area contributed by atoms with Crippen LogP contribution < -0.4 is 5.32 Å². The van der Waals surface area contributed by atoms with Gasteiger partial charge >= 0.3 is 0 Å². The zero-order valence-electron chi connectivity index (χ0n) is 12.1. The average Bonchev–Trinajstić information content (AvgIpc) is 2.49. The van der Waals surface area contributed by atoms with Gasteiger partial charge in [0, 0.05) is 12.2 Å². The molecule has 0 bridgehead atoms. The van der Waals surface area contributed by atoms with Gasteiger partial charge in [-0.05, 0) is 59.6 Å². The molecule has 0 saturated carbocycles. The van der Waals surface area contributed by atoms with Crippen LogP contribution in [0.3, 0.4) is 0 Å². The van der Waals surface area contributed by atoms with E-state index in [9.17, 15) is 4.39 Å². The van der Waals surface area contributed by atoms with E-state index in [2.05, 4.69) is 40.1 Å². The van der Waals surface area contributed by atoms with Crippen LogP contribution in [0.2, 0.25) is 0 Å². The summed E-state index contributed by atoms with van der Waals surface area (Å²) in [7, 11) is 0. The van der Waals surface area contributed by atoms with Crippen molar-refractivity contribution in [3.8, 4) is 0 Å². The van der Waals surface area contributed by atoms with Crippen molar-refractivity contribution in [1.82, 2.24) is 10.3 Å². The van der Waals surface area contributed by atoms with Gasteiger partial charge in [0.1, 0.15) is 10.8 Å². The summed E-state index contributed by atoms with van der Waals surface area (Å²) in [6.45, 7) is 5.09. The summed E-state index contributed by atoms with van der Waals surface area (Å²) in [4.78, 5) is 4.94. The minimum absolute atomic E-state index is 0.102. The molecule has 21 heavy (non-hydrogen) atoms. The average molecular weight is 369 g/mol. The molecule has 1 heterocycles. The second-order valence-electron chi connectivity index (χ2n) is 4.73. The van der Waals surface area contributed by atoms with Crippen LogP contribution in [0.25, 0.3) is 0 Å². The van der Waals surface area contributed by atoms with Gasteiger partial charge in [0.25, 0.3) is 0 Å². The fourth-order valence-electron chi connectivity index (χ4n) is 1.99. The summed E-state index contributed by atoms with van der Waals surface area (Å²) >= 11 is 4.82. The van der Waals surface area contributed by atoms with Crippen molar-refractivity contribution in [2.24, 2.45) is 0 Å². The van der Waals surface area contributed by atoms with Gasteiger partial charge in [-0.1, -0.05) is 30.8 Å². The van der Waals surface area contributed by atoms with Crippen molar-refractivity contribution in [2.75, 3.05) is 6.54 Å². The summed E-state index contributed by atoms with van der Waals surface area (Å²) in [5, 5.41) is 4.17. The lowest BCUT2D eigenvalue weighted by Crippen LogP contribution is -2.20. The molecule has 1 N–H and O–H groups in total. The molecule has 0 spiro atoms. The second kappa shape index (κ2) is 7.92. The van der Waals surface area contributed by atoms with Crippen LogP contribution in [0.4, 0.5) is 4.39 Å². The van der Waals surface area contributed by atoms with E-state index in [1.807, 2.05) is 18.2 Å². The van der Waals surface area contributed by atoms with Crippen LogP contribution in [-0.4, -0.2) is 11.5 Å². The smallest absolute Gasteiger partial charge is 0.137 e. The first kappa shape index (κ1) is 16.5. The van der Waals surface area contributed by atoms with Gasteiger partial charge in [-0.25, -0.2) is 9.37 Å². The predicted octanol–water partition coefficient (Wildman–Crippen LogP) is 5.20. The molecule has 1 atom stereocenters. The molecule has 1 unspecified atom stereocenters. The maximum atomic E-state index is 14.3. The highest BCUT2D eigenvalue weighted by atomic mass is 79.9. The lowest BCUT2D eigenvalue weighted by molar-refractivity contribution is 0.543. The summed E-state index contributed by atoms with van der Waals surface area (Å²) in [5.74, 6) is -0.208. The SMILES string of the molecule is CCCNC(C)c1cccc(F)c1Sc1ncccc1Br.